The Morgan fingerprint density at radius 3 is 2.56 bits per heavy atom. The summed E-state index contributed by atoms with van der Waals surface area (Å²) in [4.78, 5) is 16.0. The Morgan fingerprint density at radius 1 is 1.24 bits per heavy atom. The summed E-state index contributed by atoms with van der Waals surface area (Å²) in [5, 5.41) is 6.99. The van der Waals surface area contributed by atoms with Gasteiger partial charge >= 0.3 is 0 Å². The second-order valence-electron chi connectivity index (χ2n) is 5.69. The number of rotatable bonds is 6. The zero-order valence-corrected chi connectivity index (χ0v) is 15.3. The van der Waals surface area contributed by atoms with Gasteiger partial charge in [-0.15, -0.1) is 24.8 Å². The Bertz CT molecular complexity index is 636. The van der Waals surface area contributed by atoms with E-state index in [1.807, 2.05) is 24.3 Å². The van der Waals surface area contributed by atoms with Crippen LogP contribution < -0.4 is 11.1 Å². The fourth-order valence-corrected chi connectivity index (χ4v) is 2.64. The molecule has 0 aliphatic carbocycles. The minimum atomic E-state index is -0.366. The van der Waals surface area contributed by atoms with Gasteiger partial charge in [0, 0.05) is 13.1 Å². The molecule has 2 atom stereocenters. The molecule has 2 heterocycles. The minimum Gasteiger partial charge on any atom is -0.364 e. The monoisotopic (exact) mass is 387 g/mol. The molecule has 138 valence electrons. The molecule has 1 aromatic heterocycles. The van der Waals surface area contributed by atoms with Crippen LogP contribution in [-0.2, 0) is 22.6 Å². The lowest BCUT2D eigenvalue weighted by molar-refractivity contribution is -0.132. The number of aromatic nitrogens is 3. The van der Waals surface area contributed by atoms with Crippen molar-refractivity contribution in [1.82, 2.24) is 20.1 Å². The van der Waals surface area contributed by atoms with Gasteiger partial charge in [0.15, 0.2) is 0 Å². The molecule has 0 radical (unpaired) electrons. The molecule has 1 fully saturated rings. The van der Waals surface area contributed by atoms with Gasteiger partial charge in [-0.1, -0.05) is 24.3 Å². The summed E-state index contributed by atoms with van der Waals surface area (Å²) in [7, 11) is 0. The molecular formula is C16H23Cl2N5O2. The largest absolute Gasteiger partial charge is 0.364 e. The molecule has 3 N–H and O–H groups in total. The maximum absolute atomic E-state index is 12.1. The third-order valence-corrected chi connectivity index (χ3v) is 3.96. The van der Waals surface area contributed by atoms with E-state index < -0.39 is 0 Å². The van der Waals surface area contributed by atoms with Gasteiger partial charge in [0.2, 0.25) is 5.91 Å². The van der Waals surface area contributed by atoms with Crippen LogP contribution in [0.2, 0.25) is 0 Å². The maximum atomic E-state index is 12.1. The van der Waals surface area contributed by atoms with E-state index in [0.717, 1.165) is 24.0 Å². The minimum absolute atomic E-state index is 0. The van der Waals surface area contributed by atoms with E-state index >= 15 is 0 Å². The number of benzene rings is 1. The fraction of sp³-hybridized carbons (Fsp3) is 0.438. The van der Waals surface area contributed by atoms with Crippen LogP contribution in [0.5, 0.6) is 0 Å². The van der Waals surface area contributed by atoms with Crippen LogP contribution in [0.4, 0.5) is 0 Å². The number of carbonyl (C=O) groups excluding carboxylic acids is 1. The third-order valence-electron chi connectivity index (χ3n) is 3.96. The van der Waals surface area contributed by atoms with Gasteiger partial charge in [0.1, 0.15) is 18.8 Å². The van der Waals surface area contributed by atoms with Crippen molar-refractivity contribution in [3.8, 4) is 0 Å². The first-order valence-corrected chi connectivity index (χ1v) is 7.78. The molecule has 1 amide bonds. The second kappa shape index (κ2) is 10.4. The Kier molecular flexibility index (Phi) is 8.85. The van der Waals surface area contributed by atoms with Crippen LogP contribution in [0.1, 0.15) is 24.0 Å². The summed E-state index contributed by atoms with van der Waals surface area (Å²) in [6, 6.07) is 8.06. The van der Waals surface area contributed by atoms with Crippen molar-refractivity contribution in [3.05, 3.63) is 48.0 Å². The zero-order valence-electron chi connectivity index (χ0n) is 13.7. The maximum Gasteiger partial charge on any atom is 0.249 e. The van der Waals surface area contributed by atoms with Gasteiger partial charge in [0.05, 0.1) is 12.6 Å². The van der Waals surface area contributed by atoms with Gasteiger partial charge in [0.25, 0.3) is 0 Å². The van der Waals surface area contributed by atoms with Crippen molar-refractivity contribution in [2.45, 2.75) is 38.1 Å². The van der Waals surface area contributed by atoms with Crippen molar-refractivity contribution in [3.63, 3.8) is 0 Å². The van der Waals surface area contributed by atoms with Crippen molar-refractivity contribution in [2.24, 2.45) is 5.73 Å². The Morgan fingerprint density at radius 2 is 1.96 bits per heavy atom. The van der Waals surface area contributed by atoms with Crippen LogP contribution in [0, 0.1) is 0 Å². The predicted molar refractivity (Wildman–Crippen MR) is 98.9 cm³/mol. The highest BCUT2D eigenvalue weighted by atomic mass is 35.5. The molecule has 1 aromatic carbocycles. The van der Waals surface area contributed by atoms with E-state index in [1.165, 1.54) is 6.33 Å². The first kappa shape index (κ1) is 21.4. The molecule has 0 spiro atoms. The first-order chi connectivity index (χ1) is 11.2. The highest BCUT2D eigenvalue weighted by Gasteiger charge is 2.29. The van der Waals surface area contributed by atoms with Gasteiger partial charge < -0.3 is 15.8 Å². The summed E-state index contributed by atoms with van der Waals surface area (Å²) in [5.74, 6) is -0.0624. The molecule has 1 aliphatic rings. The van der Waals surface area contributed by atoms with Crippen LogP contribution in [-0.4, -0.2) is 39.4 Å². The van der Waals surface area contributed by atoms with E-state index in [9.17, 15) is 4.79 Å². The van der Waals surface area contributed by atoms with Gasteiger partial charge in [-0.3, -0.25) is 4.79 Å². The van der Waals surface area contributed by atoms with Crippen molar-refractivity contribution in [2.75, 3.05) is 6.54 Å². The second-order valence-corrected chi connectivity index (χ2v) is 5.69. The number of halogens is 2. The Balaban J connectivity index is 0.00000156. The lowest BCUT2D eigenvalue weighted by Gasteiger charge is -2.13. The van der Waals surface area contributed by atoms with Gasteiger partial charge in [-0.25, -0.2) is 9.67 Å². The van der Waals surface area contributed by atoms with Gasteiger partial charge in [-0.05, 0) is 24.0 Å². The quantitative estimate of drug-likeness (QED) is 0.778. The predicted octanol–water partition coefficient (Wildman–Crippen LogP) is 1.29. The van der Waals surface area contributed by atoms with Crippen LogP contribution in [0.15, 0.2) is 36.9 Å². The van der Waals surface area contributed by atoms with Crippen LogP contribution in [0.25, 0.3) is 0 Å². The SMILES string of the molecule is Cl.Cl.NC[C@H]1CC[C@@H](C(=O)NCc2ccc(Cn3cncn3)cc2)O1. The van der Waals surface area contributed by atoms with E-state index in [0.29, 0.717) is 19.6 Å². The molecule has 9 heteroatoms. The summed E-state index contributed by atoms with van der Waals surface area (Å²) < 4.78 is 7.35. The lowest BCUT2D eigenvalue weighted by Crippen LogP contribution is -2.35. The van der Waals surface area contributed by atoms with E-state index in [4.69, 9.17) is 10.5 Å². The van der Waals surface area contributed by atoms with Crippen molar-refractivity contribution >= 4 is 30.7 Å². The number of nitrogens with one attached hydrogen (secondary N) is 1. The molecule has 0 saturated carbocycles. The van der Waals surface area contributed by atoms with Gasteiger partial charge in [-0.2, -0.15) is 5.10 Å². The highest BCUT2D eigenvalue weighted by molar-refractivity contribution is 5.85. The van der Waals surface area contributed by atoms with E-state index in [2.05, 4.69) is 15.4 Å². The van der Waals surface area contributed by atoms with Crippen molar-refractivity contribution < 1.29 is 9.53 Å². The number of nitrogens with zero attached hydrogens (tertiary/aromatic N) is 3. The first-order valence-electron chi connectivity index (χ1n) is 7.78. The molecule has 3 rings (SSSR count). The number of ether oxygens (including phenoxy) is 1. The standard InChI is InChI=1S/C16H21N5O2.2ClH/c17-7-14-5-6-15(23-14)16(22)19-8-12-1-3-13(4-2-12)9-21-11-18-10-20-21;;/h1-4,10-11,14-15H,5-9,17H2,(H,19,22);2*1H/t14-,15+;;/m1../s1. The highest BCUT2D eigenvalue weighted by Crippen LogP contribution is 2.19. The van der Waals surface area contributed by atoms with Crippen molar-refractivity contribution in [1.29, 1.82) is 0 Å². The Labute approximate surface area is 159 Å². The topological polar surface area (TPSA) is 95.1 Å². The smallest absolute Gasteiger partial charge is 0.249 e. The molecule has 2 aromatic rings. The number of carbonyl (C=O) groups is 1. The normalized spacial score (nSPS) is 18.9. The average Bonchev–Trinajstić information content (AvgIpc) is 3.25. The molecule has 25 heavy (non-hydrogen) atoms. The van der Waals surface area contributed by atoms with E-state index in [-0.39, 0.29) is 42.9 Å². The van der Waals surface area contributed by atoms with Crippen LogP contribution in [0.3, 0.4) is 0 Å². The Hall–Kier alpha value is -1.67. The number of nitrogens with two attached hydrogens (primary N) is 1. The third kappa shape index (κ3) is 5.97. The van der Waals surface area contributed by atoms with E-state index in [1.54, 1.807) is 11.0 Å². The number of amides is 1. The summed E-state index contributed by atoms with van der Waals surface area (Å²) in [6.45, 7) is 1.65. The lowest BCUT2D eigenvalue weighted by atomic mass is 10.1. The number of hydrogen-bond acceptors (Lipinski definition) is 5. The van der Waals surface area contributed by atoms with Crippen LogP contribution >= 0.6 is 24.8 Å². The molecule has 7 nitrogen and oxygen atoms in total. The molecule has 1 aliphatic heterocycles. The average molecular weight is 388 g/mol. The fourth-order valence-electron chi connectivity index (χ4n) is 2.64. The zero-order chi connectivity index (χ0) is 16.1. The summed E-state index contributed by atoms with van der Waals surface area (Å²) >= 11 is 0. The molecular weight excluding hydrogens is 365 g/mol. The molecule has 0 unspecified atom stereocenters. The summed E-state index contributed by atoms with van der Waals surface area (Å²) in [6.07, 6.45) is 4.45. The summed E-state index contributed by atoms with van der Waals surface area (Å²) in [5.41, 5.74) is 7.74. The molecule has 1 saturated heterocycles. The number of hydrogen-bond donors (Lipinski definition) is 2. The molecule has 0 bridgehead atoms.